The van der Waals surface area contributed by atoms with Gasteiger partial charge >= 0.3 is 0 Å². The molecule has 1 aromatic rings. The fourth-order valence-electron chi connectivity index (χ4n) is 1.20. The van der Waals surface area contributed by atoms with E-state index in [1.54, 1.807) is 0 Å². The van der Waals surface area contributed by atoms with Gasteiger partial charge in [-0.05, 0) is 45.4 Å². The van der Waals surface area contributed by atoms with Crippen LogP contribution in [0.5, 0.6) is 5.75 Å². The summed E-state index contributed by atoms with van der Waals surface area (Å²) in [7, 11) is 0. The van der Waals surface area contributed by atoms with Crippen molar-refractivity contribution in [1.29, 1.82) is 0 Å². The van der Waals surface area contributed by atoms with Gasteiger partial charge in [0.15, 0.2) is 0 Å². The van der Waals surface area contributed by atoms with Crippen LogP contribution in [0.25, 0.3) is 0 Å². The van der Waals surface area contributed by atoms with Crippen molar-refractivity contribution in [2.45, 2.75) is 34.1 Å². The minimum atomic E-state index is 0.891. The lowest BCUT2D eigenvalue weighted by Gasteiger charge is -2.05. The van der Waals surface area contributed by atoms with Gasteiger partial charge in [-0.2, -0.15) is 0 Å². The number of rotatable bonds is 4. The third-order valence-corrected chi connectivity index (χ3v) is 2.46. The largest absolute Gasteiger partial charge is 0.462 e. The fourth-order valence-corrected chi connectivity index (χ4v) is 1.20. The summed E-state index contributed by atoms with van der Waals surface area (Å²) in [6.07, 6.45) is 5.19. The smallest absolute Gasteiger partial charge is 0.126 e. The molecule has 0 aliphatic rings. The van der Waals surface area contributed by atoms with Gasteiger partial charge in [-0.15, -0.1) is 13.2 Å². The molecule has 98 valence electrons. The molecule has 0 amide bonds. The third kappa shape index (κ3) is 6.74. The van der Waals surface area contributed by atoms with E-state index in [1.807, 2.05) is 25.1 Å². The van der Waals surface area contributed by atoms with Crippen molar-refractivity contribution in [2.75, 3.05) is 0 Å². The first kappa shape index (κ1) is 16.2. The van der Waals surface area contributed by atoms with Crippen molar-refractivity contribution in [3.63, 3.8) is 0 Å². The molecule has 0 saturated carbocycles. The average molecular weight is 244 g/mol. The number of hydrogen-bond donors (Lipinski definition) is 0. The van der Waals surface area contributed by atoms with Gasteiger partial charge in [0.1, 0.15) is 11.5 Å². The topological polar surface area (TPSA) is 9.23 Å². The number of benzene rings is 1. The maximum atomic E-state index is 5.68. The minimum absolute atomic E-state index is 0.891. The van der Waals surface area contributed by atoms with Crippen LogP contribution in [0.15, 0.2) is 60.9 Å². The summed E-state index contributed by atoms with van der Waals surface area (Å²) >= 11 is 0. The van der Waals surface area contributed by atoms with Crippen LogP contribution in [-0.2, 0) is 0 Å². The monoisotopic (exact) mass is 244 g/mol. The van der Waals surface area contributed by atoms with Gasteiger partial charge in [-0.25, -0.2) is 0 Å². The van der Waals surface area contributed by atoms with E-state index in [2.05, 4.69) is 52.1 Å². The Morgan fingerprint density at radius 3 is 2.17 bits per heavy atom. The Morgan fingerprint density at radius 1 is 1.11 bits per heavy atom. The van der Waals surface area contributed by atoms with Gasteiger partial charge in [0.05, 0.1) is 0 Å². The van der Waals surface area contributed by atoms with Gasteiger partial charge in [0.2, 0.25) is 0 Å². The van der Waals surface area contributed by atoms with E-state index >= 15 is 0 Å². The predicted molar refractivity (Wildman–Crippen MR) is 80.9 cm³/mol. The molecule has 1 nitrogen and oxygen atoms in total. The van der Waals surface area contributed by atoms with Crippen LogP contribution in [0.2, 0.25) is 0 Å². The molecule has 0 heterocycles. The van der Waals surface area contributed by atoms with Gasteiger partial charge in [0.25, 0.3) is 0 Å². The van der Waals surface area contributed by atoms with Crippen LogP contribution in [-0.4, -0.2) is 0 Å². The van der Waals surface area contributed by atoms with Crippen LogP contribution in [0.4, 0.5) is 0 Å². The van der Waals surface area contributed by atoms with Crippen LogP contribution < -0.4 is 4.74 Å². The van der Waals surface area contributed by atoms with Gasteiger partial charge < -0.3 is 4.74 Å². The molecule has 0 radical (unpaired) electrons. The zero-order valence-electron chi connectivity index (χ0n) is 12.0. The van der Waals surface area contributed by atoms with E-state index in [0.717, 1.165) is 17.9 Å². The highest BCUT2D eigenvalue weighted by atomic mass is 16.5. The number of allylic oxidation sites excluding steroid dienone is 4. The summed E-state index contributed by atoms with van der Waals surface area (Å²) < 4.78 is 5.68. The predicted octanol–water partition coefficient (Wildman–Crippen LogP) is 5.44. The maximum absolute atomic E-state index is 5.68. The van der Waals surface area contributed by atoms with E-state index in [1.165, 1.54) is 11.1 Å². The first-order valence-corrected chi connectivity index (χ1v) is 6.20. The van der Waals surface area contributed by atoms with E-state index in [4.69, 9.17) is 4.74 Å². The molecule has 0 N–H and O–H groups in total. The highest BCUT2D eigenvalue weighted by Gasteiger charge is 1.93. The van der Waals surface area contributed by atoms with E-state index in [9.17, 15) is 0 Å². The Morgan fingerprint density at radius 2 is 1.67 bits per heavy atom. The first-order chi connectivity index (χ1) is 8.61. The van der Waals surface area contributed by atoms with Crippen LogP contribution in [0.1, 0.15) is 32.8 Å². The molecule has 0 atom stereocenters. The highest BCUT2D eigenvalue weighted by molar-refractivity contribution is 5.28. The molecule has 0 aliphatic carbocycles. The van der Waals surface area contributed by atoms with Crippen molar-refractivity contribution in [2.24, 2.45) is 0 Å². The van der Waals surface area contributed by atoms with Gasteiger partial charge in [0, 0.05) is 0 Å². The Bertz CT molecular complexity index is 396. The number of aryl methyl sites for hydroxylation is 1. The normalized spacial score (nSPS) is 11.6. The molecule has 0 fully saturated rings. The van der Waals surface area contributed by atoms with Gasteiger partial charge in [-0.1, -0.05) is 36.3 Å². The summed E-state index contributed by atoms with van der Waals surface area (Å²) in [5.74, 6) is 1.80. The molecule has 0 bridgehead atoms. The molecule has 0 saturated heterocycles. The van der Waals surface area contributed by atoms with Crippen molar-refractivity contribution >= 4 is 0 Å². The summed E-state index contributed by atoms with van der Waals surface area (Å²) in [6.45, 7) is 14.3. The van der Waals surface area contributed by atoms with Crippen molar-refractivity contribution in [3.8, 4) is 5.75 Å². The molecular formula is C17H24O. The second kappa shape index (κ2) is 9.29. The lowest BCUT2D eigenvalue weighted by molar-refractivity contribution is 0.428. The summed E-state index contributed by atoms with van der Waals surface area (Å²) in [5.41, 5.74) is 2.60. The lowest BCUT2D eigenvalue weighted by atomic mass is 10.2. The minimum Gasteiger partial charge on any atom is -0.462 e. The van der Waals surface area contributed by atoms with Gasteiger partial charge in [-0.3, -0.25) is 0 Å². The summed E-state index contributed by atoms with van der Waals surface area (Å²) in [5, 5.41) is 0. The van der Waals surface area contributed by atoms with Crippen LogP contribution in [0, 0.1) is 6.92 Å². The Kier molecular flexibility index (Phi) is 8.38. The van der Waals surface area contributed by atoms with E-state index in [0.29, 0.717) is 0 Å². The van der Waals surface area contributed by atoms with Crippen molar-refractivity contribution in [3.05, 3.63) is 66.5 Å². The first-order valence-electron chi connectivity index (χ1n) is 6.20. The Labute approximate surface area is 111 Å². The molecule has 1 heteroatoms. The molecule has 0 unspecified atom stereocenters. The molecule has 0 aromatic heterocycles. The van der Waals surface area contributed by atoms with Crippen molar-refractivity contribution < 1.29 is 4.74 Å². The summed E-state index contributed by atoms with van der Waals surface area (Å²) in [6, 6.07) is 8.08. The molecule has 0 aliphatic heterocycles. The summed E-state index contributed by atoms with van der Waals surface area (Å²) in [4.78, 5) is 0. The molecular weight excluding hydrogens is 220 g/mol. The van der Waals surface area contributed by atoms with E-state index in [-0.39, 0.29) is 0 Å². The highest BCUT2D eigenvalue weighted by Crippen LogP contribution is 2.14. The SMILES string of the molecule is C=C.CC/C(C)=C\C=C(/C)Oc1ccc(C)cc1. The Hall–Kier alpha value is -1.76. The molecule has 1 aromatic carbocycles. The lowest BCUT2D eigenvalue weighted by Crippen LogP contribution is -1.90. The fraction of sp³-hybridized carbons (Fsp3) is 0.294. The molecule has 18 heavy (non-hydrogen) atoms. The molecule has 1 rings (SSSR count). The quantitative estimate of drug-likeness (QED) is 0.389. The average Bonchev–Trinajstić information content (AvgIpc) is 2.41. The van der Waals surface area contributed by atoms with Crippen LogP contribution in [0.3, 0.4) is 0 Å². The maximum Gasteiger partial charge on any atom is 0.126 e. The molecule has 0 spiro atoms. The van der Waals surface area contributed by atoms with E-state index < -0.39 is 0 Å². The van der Waals surface area contributed by atoms with Crippen molar-refractivity contribution in [1.82, 2.24) is 0 Å². The zero-order chi connectivity index (χ0) is 14.0. The standard InChI is InChI=1S/C15H20O.C2H4/c1-5-12(2)6-9-14(4)16-15-10-7-13(3)8-11-15;1-2/h6-11H,5H2,1-4H3;1-2H2/b12-6-,14-9+;. The second-order valence-corrected chi connectivity index (χ2v) is 4.06. The van der Waals surface area contributed by atoms with Crippen LogP contribution >= 0.6 is 0 Å². The third-order valence-electron chi connectivity index (χ3n) is 2.46. The zero-order valence-corrected chi connectivity index (χ0v) is 12.0. The number of ether oxygens (including phenoxy) is 1. The Balaban J connectivity index is 0.00000137. The number of hydrogen-bond acceptors (Lipinski definition) is 1. The second-order valence-electron chi connectivity index (χ2n) is 4.06.